The molecule has 0 aliphatic rings. The number of nitrogen functional groups attached to an aromatic ring is 1. The van der Waals surface area contributed by atoms with Gasteiger partial charge < -0.3 is 15.6 Å². The van der Waals surface area contributed by atoms with Crippen molar-refractivity contribution in [2.24, 2.45) is 5.41 Å². The maximum atomic E-state index is 10.9. The summed E-state index contributed by atoms with van der Waals surface area (Å²) in [6.45, 7) is 7.21. The lowest BCUT2D eigenvalue weighted by atomic mass is 9.95. The zero-order valence-electron chi connectivity index (χ0n) is 10.7. The zero-order valence-corrected chi connectivity index (χ0v) is 10.7. The van der Waals surface area contributed by atoms with E-state index in [1.807, 2.05) is 19.9 Å². The molecular formula is C13H19NO3. The molecule has 3 N–H and O–H groups in total. The predicted molar refractivity (Wildman–Crippen MR) is 67.2 cm³/mol. The SMILES string of the molecule is Cc1cc(C)c(OCC(C)(C)C(=O)O)cc1N. The van der Waals surface area contributed by atoms with Gasteiger partial charge in [0, 0.05) is 11.8 Å². The molecule has 4 nitrogen and oxygen atoms in total. The van der Waals surface area contributed by atoms with E-state index < -0.39 is 11.4 Å². The molecule has 4 heteroatoms. The van der Waals surface area contributed by atoms with Crippen LogP contribution in [0.4, 0.5) is 5.69 Å². The van der Waals surface area contributed by atoms with Crippen molar-refractivity contribution in [3.63, 3.8) is 0 Å². The molecule has 0 spiro atoms. The minimum absolute atomic E-state index is 0.117. The Morgan fingerprint density at radius 1 is 1.35 bits per heavy atom. The van der Waals surface area contributed by atoms with Crippen molar-refractivity contribution in [1.29, 1.82) is 0 Å². The van der Waals surface area contributed by atoms with E-state index in [4.69, 9.17) is 15.6 Å². The number of hydrogen-bond acceptors (Lipinski definition) is 3. The van der Waals surface area contributed by atoms with Crippen LogP contribution in [0, 0.1) is 19.3 Å². The first-order chi connectivity index (χ1) is 7.74. The molecule has 0 saturated carbocycles. The highest BCUT2D eigenvalue weighted by Gasteiger charge is 2.28. The molecule has 0 aliphatic carbocycles. The predicted octanol–water partition coefficient (Wildman–Crippen LogP) is 2.38. The number of nitrogens with two attached hydrogens (primary N) is 1. The zero-order chi connectivity index (χ0) is 13.2. The molecule has 0 radical (unpaired) electrons. The number of benzene rings is 1. The number of carboxylic acids is 1. The molecule has 0 bridgehead atoms. The third kappa shape index (κ3) is 3.12. The van der Waals surface area contributed by atoms with Gasteiger partial charge in [0.25, 0.3) is 0 Å². The van der Waals surface area contributed by atoms with Crippen molar-refractivity contribution < 1.29 is 14.6 Å². The van der Waals surface area contributed by atoms with Crippen LogP contribution in [0.5, 0.6) is 5.75 Å². The molecule has 0 aliphatic heterocycles. The van der Waals surface area contributed by atoms with E-state index >= 15 is 0 Å². The van der Waals surface area contributed by atoms with Gasteiger partial charge in [-0.05, 0) is 38.8 Å². The van der Waals surface area contributed by atoms with Gasteiger partial charge >= 0.3 is 5.97 Å². The highest BCUT2D eigenvalue weighted by molar-refractivity contribution is 5.73. The summed E-state index contributed by atoms with van der Waals surface area (Å²) in [6, 6.07) is 3.67. The van der Waals surface area contributed by atoms with Gasteiger partial charge in [-0.15, -0.1) is 0 Å². The van der Waals surface area contributed by atoms with E-state index in [0.29, 0.717) is 11.4 Å². The summed E-state index contributed by atoms with van der Waals surface area (Å²) in [7, 11) is 0. The Labute approximate surface area is 101 Å². The molecule has 1 aromatic carbocycles. The van der Waals surface area contributed by atoms with Crippen molar-refractivity contribution in [2.75, 3.05) is 12.3 Å². The maximum absolute atomic E-state index is 10.9. The van der Waals surface area contributed by atoms with Crippen LogP contribution in [0.1, 0.15) is 25.0 Å². The number of ether oxygens (including phenoxy) is 1. The van der Waals surface area contributed by atoms with Crippen molar-refractivity contribution in [2.45, 2.75) is 27.7 Å². The van der Waals surface area contributed by atoms with Gasteiger partial charge in [0.2, 0.25) is 0 Å². The molecule has 1 rings (SSSR count). The molecule has 0 atom stereocenters. The summed E-state index contributed by atoms with van der Waals surface area (Å²) in [6.07, 6.45) is 0. The van der Waals surface area contributed by atoms with Crippen LogP contribution >= 0.6 is 0 Å². The summed E-state index contributed by atoms with van der Waals surface area (Å²) in [5.74, 6) is -0.238. The van der Waals surface area contributed by atoms with Crippen LogP contribution in [0.2, 0.25) is 0 Å². The van der Waals surface area contributed by atoms with Gasteiger partial charge in [-0.25, -0.2) is 0 Å². The fourth-order valence-electron chi connectivity index (χ4n) is 1.32. The number of hydrogen-bond donors (Lipinski definition) is 2. The van der Waals surface area contributed by atoms with Crippen LogP contribution in [0.3, 0.4) is 0 Å². The smallest absolute Gasteiger partial charge is 0.312 e. The Morgan fingerprint density at radius 3 is 2.47 bits per heavy atom. The lowest BCUT2D eigenvalue weighted by Gasteiger charge is -2.20. The van der Waals surface area contributed by atoms with Gasteiger partial charge in [-0.3, -0.25) is 4.79 Å². The lowest BCUT2D eigenvalue weighted by molar-refractivity contribution is -0.148. The second-order valence-corrected chi connectivity index (χ2v) is 4.95. The van der Waals surface area contributed by atoms with Gasteiger partial charge in [-0.1, -0.05) is 6.07 Å². The van der Waals surface area contributed by atoms with Crippen molar-refractivity contribution in [3.8, 4) is 5.75 Å². The number of aliphatic carboxylic acids is 1. The van der Waals surface area contributed by atoms with E-state index in [9.17, 15) is 4.79 Å². The summed E-state index contributed by atoms with van der Waals surface area (Å²) >= 11 is 0. The number of carbonyl (C=O) groups is 1. The van der Waals surface area contributed by atoms with E-state index in [-0.39, 0.29) is 6.61 Å². The molecule has 0 fully saturated rings. The summed E-state index contributed by atoms with van der Waals surface area (Å²) < 4.78 is 5.54. The Hall–Kier alpha value is -1.71. The average Bonchev–Trinajstić information content (AvgIpc) is 2.21. The van der Waals surface area contributed by atoms with E-state index in [0.717, 1.165) is 11.1 Å². The highest BCUT2D eigenvalue weighted by atomic mass is 16.5. The van der Waals surface area contributed by atoms with Crippen LogP contribution in [-0.4, -0.2) is 17.7 Å². The molecule has 0 aromatic heterocycles. The summed E-state index contributed by atoms with van der Waals surface area (Å²) in [4.78, 5) is 10.9. The van der Waals surface area contributed by atoms with Gasteiger partial charge in [-0.2, -0.15) is 0 Å². The summed E-state index contributed by atoms with van der Waals surface area (Å²) in [5, 5.41) is 8.98. The summed E-state index contributed by atoms with van der Waals surface area (Å²) in [5.41, 5.74) is 7.48. The second-order valence-electron chi connectivity index (χ2n) is 4.95. The second kappa shape index (κ2) is 4.65. The number of aryl methyl sites for hydroxylation is 2. The van der Waals surface area contributed by atoms with Crippen LogP contribution in [-0.2, 0) is 4.79 Å². The fraction of sp³-hybridized carbons (Fsp3) is 0.462. The van der Waals surface area contributed by atoms with E-state index in [1.54, 1.807) is 19.9 Å². The highest BCUT2D eigenvalue weighted by Crippen LogP contribution is 2.26. The molecule has 0 heterocycles. The van der Waals surface area contributed by atoms with Crippen LogP contribution in [0.25, 0.3) is 0 Å². The third-order valence-electron chi connectivity index (χ3n) is 2.73. The first kappa shape index (κ1) is 13.4. The topological polar surface area (TPSA) is 72.5 Å². The molecule has 0 amide bonds. The van der Waals surface area contributed by atoms with Crippen molar-refractivity contribution >= 4 is 11.7 Å². The number of carboxylic acid groups (broad SMARTS) is 1. The Kier molecular flexibility index (Phi) is 3.66. The molecule has 0 unspecified atom stereocenters. The maximum Gasteiger partial charge on any atom is 0.312 e. The van der Waals surface area contributed by atoms with Crippen LogP contribution in [0.15, 0.2) is 12.1 Å². The van der Waals surface area contributed by atoms with E-state index in [2.05, 4.69) is 0 Å². The monoisotopic (exact) mass is 237 g/mol. The Balaban J connectivity index is 2.83. The normalized spacial score (nSPS) is 11.3. The first-order valence-corrected chi connectivity index (χ1v) is 5.47. The molecule has 1 aromatic rings. The van der Waals surface area contributed by atoms with Crippen molar-refractivity contribution in [3.05, 3.63) is 23.3 Å². The minimum atomic E-state index is -0.911. The van der Waals surface area contributed by atoms with Crippen LogP contribution < -0.4 is 10.5 Å². The first-order valence-electron chi connectivity index (χ1n) is 5.47. The lowest BCUT2D eigenvalue weighted by Crippen LogP contribution is -2.30. The number of anilines is 1. The van der Waals surface area contributed by atoms with Gasteiger partial charge in [0.05, 0.1) is 5.41 Å². The fourth-order valence-corrected chi connectivity index (χ4v) is 1.32. The van der Waals surface area contributed by atoms with Gasteiger partial charge in [0.1, 0.15) is 12.4 Å². The largest absolute Gasteiger partial charge is 0.492 e. The molecular weight excluding hydrogens is 218 g/mol. The standard InChI is InChI=1S/C13H19NO3/c1-8-5-9(2)11(6-10(8)14)17-7-13(3,4)12(15)16/h5-6H,7,14H2,1-4H3,(H,15,16). The molecule has 17 heavy (non-hydrogen) atoms. The van der Waals surface area contributed by atoms with Crippen molar-refractivity contribution in [1.82, 2.24) is 0 Å². The average molecular weight is 237 g/mol. The van der Waals surface area contributed by atoms with E-state index in [1.165, 1.54) is 0 Å². The Morgan fingerprint density at radius 2 is 1.94 bits per heavy atom. The number of rotatable bonds is 4. The molecule has 0 saturated heterocycles. The quantitative estimate of drug-likeness (QED) is 0.788. The Bertz CT molecular complexity index is 439. The minimum Gasteiger partial charge on any atom is -0.492 e. The molecule has 94 valence electrons. The third-order valence-corrected chi connectivity index (χ3v) is 2.73. The van der Waals surface area contributed by atoms with Gasteiger partial charge in [0.15, 0.2) is 0 Å².